The lowest BCUT2D eigenvalue weighted by molar-refractivity contribution is -0.387. The Morgan fingerprint density at radius 2 is 1.31 bits per heavy atom. The normalized spacial score (nSPS) is 10.7. The van der Waals surface area contributed by atoms with Crippen LogP contribution in [0.25, 0.3) is 0 Å². The van der Waals surface area contributed by atoms with Crippen LogP contribution in [0.1, 0.15) is 0 Å². The van der Waals surface area contributed by atoms with E-state index >= 15 is 0 Å². The predicted molar refractivity (Wildman–Crippen MR) is 108 cm³/mol. The molecule has 0 aliphatic rings. The summed E-state index contributed by atoms with van der Waals surface area (Å²) in [7, 11) is 0. The minimum atomic E-state index is -0.446. The summed E-state index contributed by atoms with van der Waals surface area (Å²) < 4.78 is 0. The molecule has 0 aliphatic heterocycles. The molecule has 0 saturated carbocycles. The number of nitro benzene ring substituents is 1. The number of nitrogens with zero attached hydrogens (tertiary/aromatic N) is 1. The van der Waals surface area contributed by atoms with Gasteiger partial charge in [-0.25, -0.2) is 0 Å². The van der Waals surface area contributed by atoms with Crippen molar-refractivity contribution >= 4 is 52.2 Å². The molecule has 8 heteroatoms. The van der Waals surface area contributed by atoms with Crippen molar-refractivity contribution in [2.75, 3.05) is 11.5 Å². The van der Waals surface area contributed by atoms with Crippen LogP contribution < -0.4 is 11.5 Å². The lowest BCUT2D eigenvalue weighted by atomic mass is 10.3. The van der Waals surface area contributed by atoms with Gasteiger partial charge in [0.05, 0.1) is 14.8 Å². The van der Waals surface area contributed by atoms with E-state index < -0.39 is 4.92 Å². The van der Waals surface area contributed by atoms with Crippen LogP contribution >= 0.6 is 35.1 Å². The molecule has 3 aromatic carbocycles. The molecule has 0 aliphatic carbocycles. The first-order valence-electron chi connectivity index (χ1n) is 7.48. The number of benzene rings is 3. The molecule has 132 valence electrons. The van der Waals surface area contributed by atoms with Gasteiger partial charge < -0.3 is 11.5 Å². The van der Waals surface area contributed by atoms with Gasteiger partial charge in [0.2, 0.25) is 0 Å². The lowest BCUT2D eigenvalue weighted by Gasteiger charge is -2.11. The van der Waals surface area contributed by atoms with Crippen molar-refractivity contribution in [2.45, 2.75) is 19.6 Å². The van der Waals surface area contributed by atoms with Crippen LogP contribution in [0, 0.1) is 10.1 Å². The first-order chi connectivity index (χ1) is 12.5. The van der Waals surface area contributed by atoms with Crippen molar-refractivity contribution < 1.29 is 4.92 Å². The Hall–Kier alpha value is -2.35. The molecule has 0 fully saturated rings. The number of rotatable bonds is 5. The second-order valence-corrected chi connectivity index (χ2v) is 7.86. The summed E-state index contributed by atoms with van der Waals surface area (Å²) >= 11 is 8.88. The smallest absolute Gasteiger partial charge is 0.284 e. The quantitative estimate of drug-likeness (QED) is 0.321. The number of nitrogen functional groups attached to an aromatic ring is 2. The lowest BCUT2D eigenvalue weighted by Crippen LogP contribution is -1.94. The van der Waals surface area contributed by atoms with E-state index in [1.165, 1.54) is 29.6 Å². The summed E-state index contributed by atoms with van der Waals surface area (Å²) in [6, 6.07) is 17.7. The Bertz CT molecular complexity index is 982. The van der Waals surface area contributed by atoms with Gasteiger partial charge >= 0.3 is 0 Å². The molecule has 0 amide bonds. The number of nitrogens with two attached hydrogens (primary N) is 2. The van der Waals surface area contributed by atoms with Gasteiger partial charge in [-0.2, -0.15) is 0 Å². The minimum absolute atomic E-state index is 0.0614. The van der Waals surface area contributed by atoms with Crippen molar-refractivity contribution in [1.29, 1.82) is 0 Å². The Labute approximate surface area is 163 Å². The van der Waals surface area contributed by atoms with Crippen molar-refractivity contribution in [3.8, 4) is 0 Å². The first-order valence-corrected chi connectivity index (χ1v) is 9.49. The van der Waals surface area contributed by atoms with Crippen LogP contribution in [-0.2, 0) is 0 Å². The summed E-state index contributed by atoms with van der Waals surface area (Å²) in [4.78, 5) is 13.7. The zero-order chi connectivity index (χ0) is 18.7. The predicted octanol–water partition coefficient (Wildman–Crippen LogP) is 5.72. The zero-order valence-corrected chi connectivity index (χ0v) is 15.8. The van der Waals surface area contributed by atoms with Crippen LogP contribution in [-0.4, -0.2) is 4.92 Å². The maximum atomic E-state index is 11.4. The maximum Gasteiger partial charge on any atom is 0.284 e. The number of halogens is 1. The van der Waals surface area contributed by atoms with Crippen LogP contribution in [0.15, 0.2) is 80.2 Å². The third-order valence-corrected chi connectivity index (χ3v) is 6.20. The van der Waals surface area contributed by atoms with Gasteiger partial charge in [-0.3, -0.25) is 10.1 Å². The van der Waals surface area contributed by atoms with Crippen molar-refractivity contribution in [3.05, 3.63) is 75.8 Å². The molecule has 0 radical (unpaired) electrons. The van der Waals surface area contributed by atoms with Gasteiger partial charge in [0, 0.05) is 32.1 Å². The number of nitro groups is 1. The summed E-state index contributed by atoms with van der Waals surface area (Å²) in [5, 5.41) is 11.7. The number of hydrogen-bond acceptors (Lipinski definition) is 6. The van der Waals surface area contributed by atoms with E-state index in [-0.39, 0.29) is 5.69 Å². The van der Waals surface area contributed by atoms with Crippen molar-refractivity contribution in [1.82, 2.24) is 0 Å². The topological polar surface area (TPSA) is 95.2 Å². The SMILES string of the molecule is Nc1ccccc1Sc1cc(Sc2ccccc2N)c([N+](=O)[O-])cc1Cl. The minimum Gasteiger partial charge on any atom is -0.398 e. The Morgan fingerprint density at radius 1 is 0.808 bits per heavy atom. The highest BCUT2D eigenvalue weighted by atomic mass is 35.5. The molecule has 3 rings (SSSR count). The van der Waals surface area contributed by atoms with Crippen LogP contribution in [0.2, 0.25) is 5.02 Å². The highest BCUT2D eigenvalue weighted by Gasteiger charge is 2.20. The first kappa shape index (κ1) is 18.4. The molecular formula is C18H14ClN3O2S2. The van der Waals surface area contributed by atoms with Crippen LogP contribution in [0.3, 0.4) is 0 Å². The maximum absolute atomic E-state index is 11.4. The molecule has 0 unspecified atom stereocenters. The van der Waals surface area contributed by atoms with Gasteiger partial charge in [-0.05, 0) is 30.3 Å². The average Bonchev–Trinajstić information content (AvgIpc) is 2.61. The van der Waals surface area contributed by atoms with Crippen molar-refractivity contribution in [3.63, 3.8) is 0 Å². The fraction of sp³-hybridized carbons (Fsp3) is 0. The third-order valence-electron chi connectivity index (χ3n) is 3.49. The summed E-state index contributed by atoms with van der Waals surface area (Å²) in [6.45, 7) is 0. The molecular weight excluding hydrogens is 390 g/mol. The molecule has 4 N–H and O–H groups in total. The van der Waals surface area contributed by atoms with Gasteiger partial charge in [0.1, 0.15) is 0 Å². The van der Waals surface area contributed by atoms with Gasteiger partial charge in [-0.15, -0.1) is 0 Å². The molecule has 5 nitrogen and oxygen atoms in total. The van der Waals surface area contributed by atoms with Gasteiger partial charge in [-0.1, -0.05) is 59.4 Å². The molecule has 3 aromatic rings. The molecule has 0 heterocycles. The fourth-order valence-corrected chi connectivity index (χ4v) is 4.45. The number of hydrogen-bond donors (Lipinski definition) is 2. The number of anilines is 2. The number of para-hydroxylation sites is 2. The highest BCUT2D eigenvalue weighted by molar-refractivity contribution is 8.00. The zero-order valence-electron chi connectivity index (χ0n) is 13.4. The third kappa shape index (κ3) is 4.07. The van der Waals surface area contributed by atoms with Crippen LogP contribution in [0.5, 0.6) is 0 Å². The van der Waals surface area contributed by atoms with E-state index in [0.29, 0.717) is 26.2 Å². The standard InChI is InChI=1S/C18H14ClN3O2S2/c19-11-9-14(22(23)24)18(26-16-8-4-2-6-13(16)21)10-17(11)25-15-7-3-1-5-12(15)20/h1-10H,20-21H2. The second-order valence-electron chi connectivity index (χ2n) is 5.29. The Kier molecular flexibility index (Phi) is 5.61. The molecule has 0 aromatic heterocycles. The average molecular weight is 404 g/mol. The van der Waals surface area contributed by atoms with Crippen LogP contribution in [0.4, 0.5) is 17.1 Å². The molecule has 0 saturated heterocycles. The highest BCUT2D eigenvalue weighted by Crippen LogP contribution is 2.44. The van der Waals surface area contributed by atoms with E-state index in [0.717, 1.165) is 9.79 Å². The summed E-state index contributed by atoms with van der Waals surface area (Å²) in [5.74, 6) is 0. The Balaban J connectivity index is 2.03. The monoisotopic (exact) mass is 403 g/mol. The molecule has 0 bridgehead atoms. The van der Waals surface area contributed by atoms with E-state index in [9.17, 15) is 10.1 Å². The van der Waals surface area contributed by atoms with E-state index in [4.69, 9.17) is 23.1 Å². The van der Waals surface area contributed by atoms with E-state index in [1.807, 2.05) is 36.4 Å². The van der Waals surface area contributed by atoms with E-state index in [2.05, 4.69) is 0 Å². The van der Waals surface area contributed by atoms with E-state index in [1.54, 1.807) is 18.2 Å². The van der Waals surface area contributed by atoms with Gasteiger partial charge in [0.25, 0.3) is 5.69 Å². The Morgan fingerprint density at radius 3 is 1.81 bits per heavy atom. The van der Waals surface area contributed by atoms with Crippen molar-refractivity contribution in [2.24, 2.45) is 0 Å². The molecule has 0 spiro atoms. The molecule has 26 heavy (non-hydrogen) atoms. The van der Waals surface area contributed by atoms with Gasteiger partial charge in [0.15, 0.2) is 0 Å². The molecule has 0 atom stereocenters. The fourth-order valence-electron chi connectivity index (χ4n) is 2.21. The largest absolute Gasteiger partial charge is 0.398 e. The summed E-state index contributed by atoms with van der Waals surface area (Å²) in [6.07, 6.45) is 0. The second kappa shape index (κ2) is 7.90. The summed E-state index contributed by atoms with van der Waals surface area (Å²) in [5.41, 5.74) is 13.1.